The minimum atomic E-state index is -0.224. The summed E-state index contributed by atoms with van der Waals surface area (Å²) in [5.74, 6) is 1.63. The zero-order chi connectivity index (χ0) is 24.5. The second-order valence-corrected chi connectivity index (χ2v) is 9.62. The van der Waals surface area contributed by atoms with Crippen molar-refractivity contribution in [2.24, 2.45) is 0 Å². The smallest absolute Gasteiger partial charge is 0.252 e. The molecule has 8 nitrogen and oxygen atoms in total. The number of fused-ring (bicyclic) bond motifs is 1. The number of pyridine rings is 1. The molecule has 0 fully saturated rings. The molecule has 0 saturated carbocycles. The lowest BCUT2D eigenvalue weighted by atomic mass is 10.0. The zero-order valence-electron chi connectivity index (χ0n) is 20.9. The van der Waals surface area contributed by atoms with E-state index < -0.39 is 0 Å². The van der Waals surface area contributed by atoms with Gasteiger partial charge in [0.2, 0.25) is 0 Å². The van der Waals surface area contributed by atoms with E-state index in [1.807, 2.05) is 29.8 Å². The lowest BCUT2D eigenvalue weighted by molar-refractivity contribution is 0.140. The van der Waals surface area contributed by atoms with E-state index in [1.165, 1.54) is 0 Å². The largest absolute Gasteiger partial charge is 0.468 e. The van der Waals surface area contributed by atoms with Crippen molar-refractivity contribution in [1.29, 1.82) is 0 Å². The molecule has 1 aromatic carbocycles. The van der Waals surface area contributed by atoms with E-state index in [4.69, 9.17) is 4.42 Å². The molecule has 1 atom stereocenters. The average Bonchev–Trinajstić information content (AvgIpc) is 3.51. The van der Waals surface area contributed by atoms with Crippen LogP contribution in [0.4, 0.5) is 0 Å². The molecule has 0 aliphatic heterocycles. The highest BCUT2D eigenvalue weighted by Gasteiger charge is 2.31. The van der Waals surface area contributed by atoms with Gasteiger partial charge in [-0.15, -0.1) is 5.10 Å². The zero-order valence-corrected chi connectivity index (χ0v) is 20.9. The third kappa shape index (κ3) is 4.55. The summed E-state index contributed by atoms with van der Waals surface area (Å²) in [4.78, 5) is 18.5. The Morgan fingerprint density at radius 2 is 1.97 bits per heavy atom. The van der Waals surface area contributed by atoms with E-state index in [0.717, 1.165) is 46.5 Å². The van der Waals surface area contributed by atoms with Crippen LogP contribution in [0.15, 0.2) is 45.8 Å². The van der Waals surface area contributed by atoms with Gasteiger partial charge in [-0.1, -0.05) is 26.0 Å². The molecule has 3 heterocycles. The van der Waals surface area contributed by atoms with E-state index >= 15 is 0 Å². The molecule has 0 aliphatic carbocycles. The van der Waals surface area contributed by atoms with E-state index in [-0.39, 0.29) is 17.1 Å². The molecular weight excluding hydrogens is 428 g/mol. The summed E-state index contributed by atoms with van der Waals surface area (Å²) in [6.45, 7) is 13.6. The Morgan fingerprint density at radius 3 is 2.65 bits per heavy atom. The first-order valence-electron chi connectivity index (χ1n) is 11.9. The average molecular weight is 463 g/mol. The standard InChI is InChI=1S/C26H34N6O2/c1-7-22(24-28-29-30-32(24)26(5,6)8-2)31(16-21-10-9-13-34-21)15-20-14-19-12-11-17(3)18(4)23(19)27-25(20)33/h9-14,22H,7-8,15-16H2,1-6H3,(H,27,33)/t22-/m0/s1. The first-order valence-corrected chi connectivity index (χ1v) is 11.9. The molecule has 0 bridgehead atoms. The van der Waals surface area contributed by atoms with Crippen molar-refractivity contribution in [3.63, 3.8) is 0 Å². The van der Waals surface area contributed by atoms with Crippen LogP contribution in [0.1, 0.15) is 74.9 Å². The van der Waals surface area contributed by atoms with Crippen molar-refractivity contribution >= 4 is 10.9 Å². The molecule has 34 heavy (non-hydrogen) atoms. The summed E-state index contributed by atoms with van der Waals surface area (Å²) >= 11 is 0. The number of aromatic nitrogens is 5. The van der Waals surface area contributed by atoms with Crippen LogP contribution in [0.2, 0.25) is 0 Å². The number of nitrogens with one attached hydrogen (secondary N) is 1. The Morgan fingerprint density at radius 1 is 1.18 bits per heavy atom. The summed E-state index contributed by atoms with van der Waals surface area (Å²) < 4.78 is 7.60. The Balaban J connectivity index is 1.77. The summed E-state index contributed by atoms with van der Waals surface area (Å²) in [6, 6.07) is 9.90. The van der Waals surface area contributed by atoms with Crippen LogP contribution >= 0.6 is 0 Å². The van der Waals surface area contributed by atoms with Gasteiger partial charge in [0, 0.05) is 12.1 Å². The van der Waals surface area contributed by atoms with Crippen molar-refractivity contribution in [3.8, 4) is 0 Å². The SMILES string of the molecule is CC[C@@H](c1nnnn1C(C)(C)CC)N(Cc1ccco1)Cc1cc2ccc(C)c(C)c2[nH]c1=O. The van der Waals surface area contributed by atoms with E-state index in [1.54, 1.807) is 6.26 Å². The topological polar surface area (TPSA) is 92.8 Å². The first kappa shape index (κ1) is 23.9. The van der Waals surface area contributed by atoms with Gasteiger partial charge in [-0.3, -0.25) is 9.69 Å². The minimum Gasteiger partial charge on any atom is -0.468 e. The van der Waals surface area contributed by atoms with Crippen molar-refractivity contribution in [2.75, 3.05) is 0 Å². The highest BCUT2D eigenvalue weighted by atomic mass is 16.3. The summed E-state index contributed by atoms with van der Waals surface area (Å²) in [6.07, 6.45) is 3.35. The van der Waals surface area contributed by atoms with E-state index in [0.29, 0.717) is 18.7 Å². The number of hydrogen-bond donors (Lipinski definition) is 1. The molecule has 8 heteroatoms. The van der Waals surface area contributed by atoms with E-state index in [2.05, 4.69) is 72.2 Å². The number of H-pyrrole nitrogens is 1. The van der Waals surface area contributed by atoms with Gasteiger partial charge in [-0.25, -0.2) is 4.68 Å². The number of benzene rings is 1. The van der Waals surface area contributed by atoms with Crippen LogP contribution in [0, 0.1) is 13.8 Å². The highest BCUT2D eigenvalue weighted by molar-refractivity contribution is 5.83. The monoisotopic (exact) mass is 462 g/mol. The van der Waals surface area contributed by atoms with Crippen molar-refractivity contribution in [3.05, 3.63) is 75.2 Å². The Bertz CT molecular complexity index is 1320. The Kier molecular flexibility index (Phi) is 6.70. The molecule has 4 aromatic rings. The molecule has 4 rings (SSSR count). The lowest BCUT2D eigenvalue weighted by Gasteiger charge is -2.32. The van der Waals surface area contributed by atoms with Gasteiger partial charge in [0.1, 0.15) is 5.76 Å². The maximum absolute atomic E-state index is 13.2. The molecule has 180 valence electrons. The predicted octanol–water partition coefficient (Wildman–Crippen LogP) is 5.02. The Hall–Kier alpha value is -3.26. The second-order valence-electron chi connectivity index (χ2n) is 9.62. The molecule has 0 spiro atoms. The van der Waals surface area contributed by atoms with Crippen LogP contribution in [0.3, 0.4) is 0 Å². The quantitative estimate of drug-likeness (QED) is 0.375. The van der Waals surface area contributed by atoms with Gasteiger partial charge in [-0.2, -0.15) is 0 Å². The molecule has 0 aliphatic rings. The van der Waals surface area contributed by atoms with Crippen molar-refractivity contribution in [1.82, 2.24) is 30.1 Å². The van der Waals surface area contributed by atoms with Crippen LogP contribution in [0.5, 0.6) is 0 Å². The number of hydrogen-bond acceptors (Lipinski definition) is 6. The summed E-state index contributed by atoms with van der Waals surface area (Å²) in [5, 5.41) is 13.8. The maximum atomic E-state index is 13.2. The molecular formula is C26H34N6O2. The molecule has 0 radical (unpaired) electrons. The third-order valence-electron chi connectivity index (χ3n) is 7.00. The van der Waals surface area contributed by atoms with Gasteiger partial charge in [0.25, 0.3) is 5.56 Å². The molecule has 3 aromatic heterocycles. The van der Waals surface area contributed by atoms with Gasteiger partial charge >= 0.3 is 0 Å². The van der Waals surface area contributed by atoms with Crippen LogP contribution < -0.4 is 5.56 Å². The summed E-state index contributed by atoms with van der Waals surface area (Å²) in [7, 11) is 0. The van der Waals surface area contributed by atoms with Crippen LogP contribution in [-0.4, -0.2) is 30.1 Å². The van der Waals surface area contributed by atoms with E-state index in [9.17, 15) is 4.79 Å². The number of aromatic amines is 1. The normalized spacial score (nSPS) is 13.1. The summed E-state index contributed by atoms with van der Waals surface area (Å²) in [5.41, 5.74) is 3.56. The van der Waals surface area contributed by atoms with Gasteiger partial charge in [-0.05, 0) is 85.7 Å². The number of tetrazole rings is 1. The molecule has 0 amide bonds. The van der Waals surface area contributed by atoms with Crippen molar-refractivity contribution in [2.45, 2.75) is 79.1 Å². The third-order valence-corrected chi connectivity index (χ3v) is 7.00. The van der Waals surface area contributed by atoms with Gasteiger partial charge < -0.3 is 9.40 Å². The molecule has 0 saturated heterocycles. The Labute approximate surface area is 200 Å². The number of aryl methyl sites for hydroxylation is 2. The number of nitrogens with zero attached hydrogens (tertiary/aromatic N) is 5. The predicted molar refractivity (Wildman–Crippen MR) is 132 cm³/mol. The highest BCUT2D eigenvalue weighted by Crippen LogP contribution is 2.30. The fraction of sp³-hybridized carbons (Fsp3) is 0.462. The first-order chi connectivity index (χ1) is 16.2. The number of rotatable bonds is 9. The van der Waals surface area contributed by atoms with Crippen LogP contribution in [-0.2, 0) is 18.6 Å². The fourth-order valence-electron chi connectivity index (χ4n) is 4.37. The van der Waals surface area contributed by atoms with Gasteiger partial charge in [0.15, 0.2) is 5.82 Å². The maximum Gasteiger partial charge on any atom is 0.252 e. The molecule has 1 N–H and O–H groups in total. The fourth-order valence-corrected chi connectivity index (χ4v) is 4.37. The van der Waals surface area contributed by atoms with Crippen LogP contribution in [0.25, 0.3) is 10.9 Å². The van der Waals surface area contributed by atoms with Gasteiger partial charge in [0.05, 0.1) is 29.9 Å². The second kappa shape index (κ2) is 9.54. The number of furan rings is 1. The minimum absolute atomic E-state index is 0.0750. The molecule has 0 unspecified atom stereocenters. The lowest BCUT2D eigenvalue weighted by Crippen LogP contribution is -2.36. The van der Waals surface area contributed by atoms with Crippen molar-refractivity contribution < 1.29 is 4.42 Å².